The standard InChI is InChI=1S/C26H27N3O3S2/c1-18-8-11-22(12-9-18)34(31,32)15-5-7-24(30)29(17-21-6-4-14-27-16-21)26-28-25-20(3)19(2)10-13-23(25)33-26/h4,6,8-14,16H,5,7,15,17H2,1-3H3. The van der Waals surface area contributed by atoms with Crippen molar-refractivity contribution >= 4 is 42.4 Å². The molecule has 4 aromatic rings. The van der Waals surface area contributed by atoms with E-state index in [9.17, 15) is 13.2 Å². The first kappa shape index (κ1) is 24.0. The fraction of sp³-hybridized carbons (Fsp3) is 0.269. The molecule has 34 heavy (non-hydrogen) atoms. The van der Waals surface area contributed by atoms with Crippen LogP contribution in [0.15, 0.2) is 65.8 Å². The molecule has 6 nitrogen and oxygen atoms in total. The van der Waals surface area contributed by atoms with Crippen molar-refractivity contribution < 1.29 is 13.2 Å². The van der Waals surface area contributed by atoms with Gasteiger partial charge >= 0.3 is 0 Å². The van der Waals surface area contributed by atoms with Gasteiger partial charge in [-0.3, -0.25) is 14.7 Å². The summed E-state index contributed by atoms with van der Waals surface area (Å²) in [5.41, 5.74) is 5.02. The molecular formula is C26H27N3O3S2. The Hall–Kier alpha value is -3.10. The number of thiazole rings is 1. The molecule has 8 heteroatoms. The van der Waals surface area contributed by atoms with Crippen LogP contribution in [0.5, 0.6) is 0 Å². The second-order valence-corrected chi connectivity index (χ2v) is 11.5. The Bertz CT molecular complexity index is 1410. The Kier molecular flexibility index (Phi) is 7.09. The third-order valence-corrected chi connectivity index (χ3v) is 8.71. The molecule has 0 saturated heterocycles. The smallest absolute Gasteiger partial charge is 0.229 e. The average molecular weight is 494 g/mol. The van der Waals surface area contributed by atoms with Crippen LogP contribution in [-0.4, -0.2) is 30.0 Å². The molecule has 0 bridgehead atoms. The lowest BCUT2D eigenvalue weighted by molar-refractivity contribution is -0.118. The number of pyridine rings is 1. The highest BCUT2D eigenvalue weighted by Gasteiger charge is 2.22. The lowest BCUT2D eigenvalue weighted by atomic mass is 10.1. The Morgan fingerprint density at radius 3 is 2.50 bits per heavy atom. The van der Waals surface area contributed by atoms with Crippen molar-refractivity contribution in [2.75, 3.05) is 10.7 Å². The van der Waals surface area contributed by atoms with Gasteiger partial charge in [-0.1, -0.05) is 41.2 Å². The number of anilines is 1. The van der Waals surface area contributed by atoms with Gasteiger partial charge in [0.05, 0.1) is 27.4 Å². The van der Waals surface area contributed by atoms with Crippen LogP contribution in [0.1, 0.15) is 35.1 Å². The number of rotatable bonds is 8. The van der Waals surface area contributed by atoms with Crippen molar-refractivity contribution in [3.05, 3.63) is 83.2 Å². The van der Waals surface area contributed by atoms with Gasteiger partial charge in [0.1, 0.15) is 0 Å². The van der Waals surface area contributed by atoms with Crippen molar-refractivity contribution in [1.29, 1.82) is 0 Å². The fourth-order valence-corrected chi connectivity index (χ4v) is 6.03. The molecule has 0 spiro atoms. The minimum atomic E-state index is -3.45. The van der Waals surface area contributed by atoms with E-state index in [-0.39, 0.29) is 29.4 Å². The molecule has 2 aromatic carbocycles. The molecule has 2 heterocycles. The van der Waals surface area contributed by atoms with Gasteiger partial charge in [0.2, 0.25) is 5.91 Å². The molecule has 0 radical (unpaired) electrons. The molecule has 2 aromatic heterocycles. The van der Waals surface area contributed by atoms with Crippen LogP contribution < -0.4 is 4.90 Å². The predicted octanol–water partition coefficient (Wildman–Crippen LogP) is 5.40. The van der Waals surface area contributed by atoms with E-state index in [1.165, 1.54) is 11.3 Å². The van der Waals surface area contributed by atoms with Crippen LogP contribution in [0.2, 0.25) is 0 Å². The summed E-state index contributed by atoms with van der Waals surface area (Å²) in [4.78, 5) is 24.2. The normalized spacial score (nSPS) is 11.6. The number of sulfone groups is 1. The lowest BCUT2D eigenvalue weighted by Gasteiger charge is -2.20. The molecule has 0 aliphatic rings. The molecule has 0 saturated carbocycles. The average Bonchev–Trinajstić information content (AvgIpc) is 3.25. The minimum Gasteiger partial charge on any atom is -0.284 e. The number of fused-ring (bicyclic) bond motifs is 1. The molecule has 4 rings (SSSR count). The summed E-state index contributed by atoms with van der Waals surface area (Å²) in [7, 11) is -3.45. The maximum absolute atomic E-state index is 13.3. The number of hydrogen-bond donors (Lipinski definition) is 0. The first-order valence-corrected chi connectivity index (χ1v) is 13.6. The summed E-state index contributed by atoms with van der Waals surface area (Å²) in [6.07, 6.45) is 3.77. The van der Waals surface area contributed by atoms with Gasteiger partial charge in [-0.25, -0.2) is 13.4 Å². The van der Waals surface area contributed by atoms with E-state index in [2.05, 4.69) is 11.1 Å². The monoisotopic (exact) mass is 493 g/mol. The molecule has 176 valence electrons. The van der Waals surface area contributed by atoms with E-state index in [4.69, 9.17) is 4.98 Å². The molecule has 0 aliphatic heterocycles. The SMILES string of the molecule is Cc1ccc(S(=O)(=O)CCCC(=O)N(Cc2cccnc2)c2nc3c(C)c(C)ccc3s2)cc1. The summed E-state index contributed by atoms with van der Waals surface area (Å²) in [6, 6.07) is 14.6. The van der Waals surface area contributed by atoms with E-state index in [0.717, 1.165) is 32.5 Å². The van der Waals surface area contributed by atoms with Crippen LogP contribution in [0.25, 0.3) is 10.2 Å². The fourth-order valence-electron chi connectivity index (χ4n) is 3.68. The second-order valence-electron chi connectivity index (χ2n) is 8.43. The van der Waals surface area contributed by atoms with Crippen LogP contribution in [-0.2, 0) is 21.2 Å². The number of carbonyl (C=O) groups is 1. The number of hydrogen-bond acceptors (Lipinski definition) is 6. The summed E-state index contributed by atoms with van der Waals surface area (Å²) in [5, 5.41) is 0.610. The predicted molar refractivity (Wildman–Crippen MR) is 137 cm³/mol. The third-order valence-electron chi connectivity index (χ3n) is 5.85. The van der Waals surface area contributed by atoms with Gasteiger partial charge in [-0.15, -0.1) is 0 Å². The first-order valence-electron chi connectivity index (χ1n) is 11.1. The summed E-state index contributed by atoms with van der Waals surface area (Å²) >= 11 is 1.47. The molecule has 0 fully saturated rings. The van der Waals surface area contributed by atoms with Crippen molar-refractivity contribution in [3.8, 4) is 0 Å². The van der Waals surface area contributed by atoms with Gasteiger partial charge in [0.25, 0.3) is 0 Å². The summed E-state index contributed by atoms with van der Waals surface area (Å²) in [5.74, 6) is -0.239. The lowest BCUT2D eigenvalue weighted by Crippen LogP contribution is -2.30. The zero-order valence-electron chi connectivity index (χ0n) is 19.5. The van der Waals surface area contributed by atoms with Gasteiger partial charge in [-0.05, 0) is 68.1 Å². The van der Waals surface area contributed by atoms with Crippen LogP contribution in [0, 0.1) is 20.8 Å². The summed E-state index contributed by atoms with van der Waals surface area (Å²) < 4.78 is 26.4. The van der Waals surface area contributed by atoms with Crippen molar-refractivity contribution in [3.63, 3.8) is 0 Å². The zero-order chi connectivity index (χ0) is 24.3. The number of carbonyl (C=O) groups excluding carboxylic acids is 1. The van der Waals surface area contributed by atoms with E-state index in [1.54, 1.807) is 41.6 Å². The molecule has 0 atom stereocenters. The Balaban J connectivity index is 1.55. The van der Waals surface area contributed by atoms with Crippen LogP contribution >= 0.6 is 11.3 Å². The minimum absolute atomic E-state index is 0.0827. The zero-order valence-corrected chi connectivity index (χ0v) is 21.1. The number of aryl methyl sites for hydroxylation is 3. The Morgan fingerprint density at radius 2 is 1.79 bits per heavy atom. The maximum Gasteiger partial charge on any atom is 0.229 e. The molecule has 0 N–H and O–H groups in total. The third kappa shape index (κ3) is 5.34. The first-order chi connectivity index (χ1) is 16.2. The van der Waals surface area contributed by atoms with Crippen molar-refractivity contribution in [2.24, 2.45) is 0 Å². The van der Waals surface area contributed by atoms with E-state index in [0.29, 0.717) is 11.7 Å². The number of aromatic nitrogens is 2. The van der Waals surface area contributed by atoms with Gasteiger partial charge in [0.15, 0.2) is 15.0 Å². The Morgan fingerprint density at radius 1 is 1.03 bits per heavy atom. The van der Waals surface area contributed by atoms with Crippen LogP contribution in [0.3, 0.4) is 0 Å². The number of benzene rings is 2. The summed E-state index contributed by atoms with van der Waals surface area (Å²) in [6.45, 7) is 6.32. The van der Waals surface area contributed by atoms with Gasteiger partial charge < -0.3 is 0 Å². The second kappa shape index (κ2) is 10.0. The highest BCUT2D eigenvalue weighted by molar-refractivity contribution is 7.91. The topological polar surface area (TPSA) is 80.2 Å². The van der Waals surface area contributed by atoms with E-state index < -0.39 is 9.84 Å². The van der Waals surface area contributed by atoms with Crippen LogP contribution in [0.4, 0.5) is 5.13 Å². The quantitative estimate of drug-likeness (QED) is 0.328. The Labute approximate surface area is 204 Å². The van der Waals surface area contributed by atoms with Gasteiger partial charge in [0, 0.05) is 18.8 Å². The highest BCUT2D eigenvalue weighted by atomic mass is 32.2. The van der Waals surface area contributed by atoms with Gasteiger partial charge in [-0.2, -0.15) is 0 Å². The number of amides is 1. The molecule has 0 unspecified atom stereocenters. The molecule has 0 aliphatic carbocycles. The molecular weight excluding hydrogens is 466 g/mol. The molecule has 1 amide bonds. The number of nitrogens with zero attached hydrogens (tertiary/aromatic N) is 3. The van der Waals surface area contributed by atoms with Crippen molar-refractivity contribution in [2.45, 2.75) is 45.1 Å². The van der Waals surface area contributed by atoms with E-state index in [1.807, 2.05) is 39.0 Å². The maximum atomic E-state index is 13.3. The van der Waals surface area contributed by atoms with Crippen molar-refractivity contribution in [1.82, 2.24) is 9.97 Å². The largest absolute Gasteiger partial charge is 0.284 e. The highest BCUT2D eigenvalue weighted by Crippen LogP contribution is 2.33. The van der Waals surface area contributed by atoms with E-state index >= 15 is 0 Å².